The first-order chi connectivity index (χ1) is 34.0. The summed E-state index contributed by atoms with van der Waals surface area (Å²) in [5.74, 6) is 0.239. The average molecular weight is 956 g/mol. The Morgan fingerprint density at radius 2 is 1.09 bits per heavy atom. The van der Waals surface area contributed by atoms with Crippen molar-refractivity contribution in [1.29, 1.82) is 0 Å². The Morgan fingerprint density at radius 3 is 1.53 bits per heavy atom. The molecule has 0 bridgehead atoms. The third-order valence-electron chi connectivity index (χ3n) is 14.0. The Labute approximate surface area is 411 Å². The number of fused-ring (bicyclic) bond motifs is 2. The van der Waals surface area contributed by atoms with Crippen molar-refractivity contribution >= 4 is 45.6 Å². The minimum Gasteiger partial charge on any atom is -0.483 e. The Hall–Kier alpha value is -6.60. The van der Waals surface area contributed by atoms with E-state index in [2.05, 4.69) is 28.2 Å². The second-order valence-electron chi connectivity index (χ2n) is 18.5. The molecule has 13 nitrogen and oxygen atoms in total. The molecule has 8 rings (SSSR count). The summed E-state index contributed by atoms with van der Waals surface area (Å²) < 4.78 is 31.6. The molecule has 1 N–H and O–H groups in total. The number of unbranched alkanes of at least 4 members (excludes halogenated alkanes) is 1. The molecule has 2 aliphatic rings. The van der Waals surface area contributed by atoms with Crippen LogP contribution in [0.1, 0.15) is 128 Å². The van der Waals surface area contributed by atoms with Crippen molar-refractivity contribution in [2.24, 2.45) is 14.1 Å². The third-order valence-corrected chi connectivity index (χ3v) is 14.0. The summed E-state index contributed by atoms with van der Waals surface area (Å²) in [6.45, 7) is 3.46. The Morgan fingerprint density at radius 1 is 0.629 bits per heavy atom. The number of carbonyl (C=O) groups is 4. The number of aromatic nitrogens is 2. The number of carboxylic acid groups (broad SMARTS) is 1. The molecule has 372 valence electrons. The number of carbonyl (C=O) groups excluding carboxylic acids is 3. The van der Waals surface area contributed by atoms with Gasteiger partial charge in [-0.1, -0.05) is 88.3 Å². The number of aryl methyl sites for hydroxylation is 2. The first kappa shape index (κ1) is 51.3. The Bertz CT molecular complexity index is 2780. The highest BCUT2D eigenvalue weighted by atomic mass is 16.5. The second kappa shape index (κ2) is 24.3. The number of aliphatic carboxylic acids is 1. The molecule has 0 saturated heterocycles. The van der Waals surface area contributed by atoms with Gasteiger partial charge in [0.2, 0.25) is 0 Å². The Balaban J connectivity index is 0.000000212. The first-order valence-corrected chi connectivity index (χ1v) is 24.9. The number of ether oxygens (including phenoxy) is 5. The van der Waals surface area contributed by atoms with Crippen LogP contribution in [0.4, 0.5) is 0 Å². The molecule has 2 aromatic heterocycles. The maximum Gasteiger partial charge on any atom is 0.341 e. The number of nitrogens with zero attached hydrogens (tertiary/aromatic N) is 3. The highest BCUT2D eigenvalue weighted by Gasteiger charge is 2.30. The van der Waals surface area contributed by atoms with Gasteiger partial charge < -0.3 is 42.8 Å². The number of rotatable bonds is 18. The SMILES string of the molecule is CCCCOCCN(C)C(=O)COc1ccccc1-c1c(C2CCCCC2)c2ccc(C(=O)OC)cc2n1C.COC(=O)c1ccc2c(C3CCCCC3)c(-c3ccccc3OCC(=O)O)n(C)c2c1. The molecule has 2 aliphatic carbocycles. The van der Waals surface area contributed by atoms with Gasteiger partial charge in [-0.3, -0.25) is 4.79 Å². The lowest BCUT2D eigenvalue weighted by Gasteiger charge is -2.24. The molecule has 2 fully saturated rings. The number of hydrogen-bond donors (Lipinski definition) is 1. The smallest absolute Gasteiger partial charge is 0.341 e. The van der Waals surface area contributed by atoms with E-state index in [0.717, 1.165) is 89.5 Å². The van der Waals surface area contributed by atoms with Gasteiger partial charge in [-0.25, -0.2) is 14.4 Å². The summed E-state index contributed by atoms with van der Waals surface area (Å²) in [4.78, 5) is 50.0. The number of hydrogen-bond acceptors (Lipinski definition) is 9. The summed E-state index contributed by atoms with van der Waals surface area (Å²) >= 11 is 0. The van der Waals surface area contributed by atoms with Crippen LogP contribution in [-0.2, 0) is 37.9 Å². The molecule has 13 heteroatoms. The van der Waals surface area contributed by atoms with E-state index in [0.29, 0.717) is 47.6 Å². The maximum atomic E-state index is 12.8. The van der Waals surface area contributed by atoms with Gasteiger partial charge in [0.25, 0.3) is 5.91 Å². The summed E-state index contributed by atoms with van der Waals surface area (Å²) in [5.41, 5.74) is 9.44. The van der Waals surface area contributed by atoms with Crippen LogP contribution >= 0.6 is 0 Å². The summed E-state index contributed by atoms with van der Waals surface area (Å²) in [7, 11) is 8.59. The number of benzene rings is 4. The summed E-state index contributed by atoms with van der Waals surface area (Å²) in [6.07, 6.45) is 13.9. The zero-order chi connectivity index (χ0) is 49.7. The number of amides is 1. The average Bonchev–Trinajstić information content (AvgIpc) is 3.86. The zero-order valence-electron chi connectivity index (χ0n) is 41.7. The third kappa shape index (κ3) is 11.7. The Kier molecular flexibility index (Phi) is 17.8. The van der Waals surface area contributed by atoms with Gasteiger partial charge in [0, 0.05) is 67.2 Å². The lowest BCUT2D eigenvalue weighted by molar-refractivity contribution is -0.139. The van der Waals surface area contributed by atoms with E-state index in [1.165, 1.54) is 63.9 Å². The minimum absolute atomic E-state index is 0.0440. The number of methoxy groups -OCH3 is 2. The molecule has 2 saturated carbocycles. The standard InChI is InChI=1S/C32H42N2O5.C25H27NO5/c1-5-6-19-38-20-18-33(2)29(35)22-39-28-15-11-10-14-26(28)31-30(23-12-8-7-9-13-23)25-17-16-24(32(36)37-4)21-27(25)34(31)3;1-26-20-14-17(25(29)30-2)12-13-18(20)23(16-8-4-3-5-9-16)24(26)19-10-6-7-11-21(19)31-15-22(27)28/h10-11,14-17,21,23H,5-9,12-13,18-20,22H2,1-4H3;6-7,10-14,16H,3-5,8-9,15H2,1-2H3,(H,27,28). The van der Waals surface area contributed by atoms with E-state index in [4.69, 9.17) is 28.8 Å². The zero-order valence-corrected chi connectivity index (χ0v) is 41.7. The van der Waals surface area contributed by atoms with Gasteiger partial charge >= 0.3 is 17.9 Å². The van der Waals surface area contributed by atoms with Gasteiger partial charge in [0.05, 0.1) is 43.3 Å². The molecule has 0 unspecified atom stereocenters. The number of carboxylic acids is 1. The molecule has 0 radical (unpaired) electrons. The van der Waals surface area contributed by atoms with Crippen LogP contribution in [0.2, 0.25) is 0 Å². The van der Waals surface area contributed by atoms with E-state index in [-0.39, 0.29) is 24.5 Å². The van der Waals surface area contributed by atoms with Gasteiger partial charge in [-0.05, 0) is 104 Å². The number of para-hydroxylation sites is 2. The van der Waals surface area contributed by atoms with Crippen molar-refractivity contribution in [2.45, 2.75) is 95.8 Å². The van der Waals surface area contributed by atoms with Gasteiger partial charge in [0.1, 0.15) is 11.5 Å². The quantitative estimate of drug-likeness (QED) is 0.0652. The number of likely N-dealkylation sites (N-methyl/N-ethyl adjacent to an activating group) is 1. The summed E-state index contributed by atoms with van der Waals surface area (Å²) in [6, 6.07) is 27.0. The predicted octanol–water partition coefficient (Wildman–Crippen LogP) is 11.5. The van der Waals surface area contributed by atoms with E-state index in [1.807, 2.05) is 80.8 Å². The van der Waals surface area contributed by atoms with Crippen molar-refractivity contribution in [3.8, 4) is 34.0 Å². The molecule has 0 aliphatic heterocycles. The van der Waals surface area contributed by atoms with Crippen molar-refractivity contribution < 1.29 is 48.0 Å². The summed E-state index contributed by atoms with van der Waals surface area (Å²) in [5, 5.41) is 11.4. The van der Waals surface area contributed by atoms with E-state index >= 15 is 0 Å². The second-order valence-corrected chi connectivity index (χ2v) is 18.5. The molecule has 4 aromatic carbocycles. The highest BCUT2D eigenvalue weighted by Crippen LogP contribution is 2.47. The minimum atomic E-state index is -1.01. The topological polar surface area (TPSA) is 148 Å². The molecule has 70 heavy (non-hydrogen) atoms. The van der Waals surface area contributed by atoms with Crippen LogP contribution in [0.25, 0.3) is 44.3 Å². The highest BCUT2D eigenvalue weighted by molar-refractivity contribution is 6.00. The van der Waals surface area contributed by atoms with Crippen molar-refractivity contribution in [3.05, 3.63) is 107 Å². The normalized spacial score (nSPS) is 14.2. The van der Waals surface area contributed by atoms with E-state index in [9.17, 15) is 19.2 Å². The molecule has 0 atom stereocenters. The number of esters is 2. The fourth-order valence-corrected chi connectivity index (χ4v) is 10.3. The van der Waals surface area contributed by atoms with Gasteiger partial charge in [-0.2, -0.15) is 0 Å². The lowest BCUT2D eigenvalue weighted by atomic mass is 9.81. The van der Waals surface area contributed by atoms with Crippen LogP contribution in [-0.4, -0.2) is 97.2 Å². The molecular formula is C57H69N3O10. The molecular weight excluding hydrogens is 887 g/mol. The molecule has 1 amide bonds. The van der Waals surface area contributed by atoms with Crippen LogP contribution in [0.3, 0.4) is 0 Å². The monoisotopic (exact) mass is 955 g/mol. The fourth-order valence-electron chi connectivity index (χ4n) is 10.3. The van der Waals surface area contributed by atoms with Crippen molar-refractivity contribution in [1.82, 2.24) is 14.0 Å². The van der Waals surface area contributed by atoms with Gasteiger partial charge in [0.15, 0.2) is 13.2 Å². The van der Waals surface area contributed by atoms with Crippen LogP contribution in [0, 0.1) is 0 Å². The molecule has 2 heterocycles. The van der Waals surface area contributed by atoms with E-state index in [1.54, 1.807) is 18.0 Å². The predicted molar refractivity (Wildman–Crippen MR) is 273 cm³/mol. The maximum absolute atomic E-state index is 12.8. The van der Waals surface area contributed by atoms with Crippen molar-refractivity contribution in [3.63, 3.8) is 0 Å². The molecule has 0 spiro atoms. The largest absolute Gasteiger partial charge is 0.483 e. The first-order valence-electron chi connectivity index (χ1n) is 24.9. The van der Waals surface area contributed by atoms with E-state index < -0.39 is 12.6 Å². The van der Waals surface area contributed by atoms with Gasteiger partial charge in [-0.15, -0.1) is 0 Å². The van der Waals surface area contributed by atoms with Crippen molar-refractivity contribution in [2.75, 3.05) is 54.2 Å². The lowest BCUT2D eigenvalue weighted by Crippen LogP contribution is -2.34. The van der Waals surface area contributed by atoms with Crippen LogP contribution < -0.4 is 9.47 Å². The van der Waals surface area contributed by atoms with Crippen LogP contribution in [0.15, 0.2) is 84.9 Å². The molecule has 6 aromatic rings. The fraction of sp³-hybridized carbons (Fsp3) is 0.439. The van der Waals surface area contributed by atoms with Crippen LogP contribution in [0.5, 0.6) is 11.5 Å².